The predicted octanol–water partition coefficient (Wildman–Crippen LogP) is 4.12. The van der Waals surface area contributed by atoms with Crippen molar-refractivity contribution in [3.63, 3.8) is 0 Å². The van der Waals surface area contributed by atoms with Crippen LogP contribution in [0, 0.1) is 5.92 Å². The number of ether oxygens (including phenoxy) is 3. The maximum absolute atomic E-state index is 13.9. The molecule has 0 saturated carbocycles. The molecular weight excluding hydrogens is 554 g/mol. The third kappa shape index (κ3) is 4.39. The van der Waals surface area contributed by atoms with E-state index < -0.39 is 35.7 Å². The molecule has 3 aromatic rings. The first-order valence-corrected chi connectivity index (χ1v) is 12.8. The fourth-order valence-electron chi connectivity index (χ4n) is 4.97. The predicted molar refractivity (Wildman–Crippen MR) is 143 cm³/mol. The molecule has 9 nitrogen and oxygen atoms in total. The number of halogens is 1. The van der Waals surface area contributed by atoms with Crippen LogP contribution in [0.1, 0.15) is 28.9 Å². The third-order valence-electron chi connectivity index (χ3n) is 6.70. The van der Waals surface area contributed by atoms with Gasteiger partial charge in [-0.25, -0.2) is 10.3 Å². The highest BCUT2D eigenvalue weighted by Crippen LogP contribution is 2.44. The normalized spacial score (nSPS) is 20.5. The second kappa shape index (κ2) is 10.5. The van der Waals surface area contributed by atoms with Crippen molar-refractivity contribution in [2.24, 2.45) is 5.92 Å². The van der Waals surface area contributed by atoms with Crippen LogP contribution < -0.4 is 24.5 Å². The zero-order valence-corrected chi connectivity index (χ0v) is 22.6. The summed E-state index contributed by atoms with van der Waals surface area (Å²) in [4.78, 5) is 42.5. The molecule has 2 heterocycles. The molecule has 0 aromatic heterocycles. The lowest BCUT2D eigenvalue weighted by Crippen LogP contribution is -2.48. The number of nitrogens with one attached hydrogen (secondary N) is 1. The highest BCUT2D eigenvalue weighted by molar-refractivity contribution is 9.10. The lowest BCUT2D eigenvalue weighted by Gasteiger charge is -2.25. The average Bonchev–Trinajstić information content (AvgIpc) is 3.45. The summed E-state index contributed by atoms with van der Waals surface area (Å²) in [6.45, 7) is 2.37. The van der Waals surface area contributed by atoms with Crippen molar-refractivity contribution in [1.29, 1.82) is 0 Å². The van der Waals surface area contributed by atoms with E-state index >= 15 is 0 Å². The molecule has 2 saturated heterocycles. The molecule has 2 aliphatic heterocycles. The summed E-state index contributed by atoms with van der Waals surface area (Å²) >= 11 is 3.40. The maximum Gasteiger partial charge on any atom is 0.268 e. The topological polar surface area (TPSA) is 97.4 Å². The van der Waals surface area contributed by atoms with E-state index in [9.17, 15) is 14.4 Å². The summed E-state index contributed by atoms with van der Waals surface area (Å²) < 4.78 is 17.0. The van der Waals surface area contributed by atoms with E-state index in [0.717, 1.165) is 9.37 Å². The Labute approximate surface area is 228 Å². The van der Waals surface area contributed by atoms with Gasteiger partial charge < -0.3 is 14.2 Å². The van der Waals surface area contributed by atoms with Crippen LogP contribution >= 0.6 is 15.9 Å². The van der Waals surface area contributed by atoms with Gasteiger partial charge in [-0.05, 0) is 67.1 Å². The van der Waals surface area contributed by atoms with Gasteiger partial charge in [-0.15, -0.1) is 0 Å². The zero-order valence-electron chi connectivity index (χ0n) is 21.0. The van der Waals surface area contributed by atoms with Crippen LogP contribution in [0.4, 0.5) is 5.69 Å². The Morgan fingerprint density at radius 1 is 0.947 bits per heavy atom. The van der Waals surface area contributed by atoms with E-state index in [4.69, 9.17) is 14.2 Å². The molecule has 3 unspecified atom stereocenters. The van der Waals surface area contributed by atoms with Gasteiger partial charge >= 0.3 is 0 Å². The van der Waals surface area contributed by atoms with Gasteiger partial charge in [0.15, 0.2) is 11.5 Å². The first kappa shape index (κ1) is 25.7. The number of nitrogens with zero attached hydrogens (tertiary/aromatic N) is 2. The van der Waals surface area contributed by atoms with E-state index in [2.05, 4.69) is 21.4 Å². The van der Waals surface area contributed by atoms with E-state index in [1.165, 1.54) is 19.2 Å². The lowest BCUT2D eigenvalue weighted by molar-refractivity contribution is -0.123. The van der Waals surface area contributed by atoms with E-state index in [0.29, 0.717) is 40.7 Å². The van der Waals surface area contributed by atoms with Gasteiger partial charge in [0.2, 0.25) is 5.91 Å². The number of hydrazine groups is 1. The minimum atomic E-state index is -1.04. The summed E-state index contributed by atoms with van der Waals surface area (Å²) in [5.74, 6) is -0.531. The summed E-state index contributed by atoms with van der Waals surface area (Å²) in [5.41, 5.74) is 4.62. The minimum absolute atomic E-state index is 0.373. The third-order valence-corrected chi connectivity index (χ3v) is 7.19. The smallest absolute Gasteiger partial charge is 0.268 e. The van der Waals surface area contributed by atoms with E-state index in [1.54, 1.807) is 66.7 Å². The molecule has 2 aliphatic rings. The standard InChI is InChI=1S/C28H26BrN3O6/c1-4-38-20-11-9-19(10-12-20)31-27(34)23-24(16-8-13-21(36-2)22(15-16)37-3)30-32(25(23)28(31)35)26(33)17-6-5-7-18(29)14-17/h5-15,23-25,30H,4H2,1-3H3. The molecular formula is C28H26BrN3O6. The molecule has 0 bridgehead atoms. The Balaban J connectivity index is 1.57. The van der Waals surface area contributed by atoms with Crippen molar-refractivity contribution in [3.8, 4) is 17.2 Å². The molecule has 10 heteroatoms. The zero-order chi connectivity index (χ0) is 27.0. The van der Waals surface area contributed by atoms with Gasteiger partial charge in [-0.2, -0.15) is 0 Å². The number of anilines is 1. The van der Waals surface area contributed by atoms with Crippen LogP contribution in [0.5, 0.6) is 17.2 Å². The van der Waals surface area contributed by atoms with Crippen molar-refractivity contribution in [1.82, 2.24) is 10.4 Å². The first-order chi connectivity index (χ1) is 18.4. The van der Waals surface area contributed by atoms with Crippen molar-refractivity contribution in [3.05, 3.63) is 82.3 Å². The van der Waals surface area contributed by atoms with Gasteiger partial charge in [-0.1, -0.05) is 28.1 Å². The highest BCUT2D eigenvalue weighted by atomic mass is 79.9. The van der Waals surface area contributed by atoms with Crippen LogP contribution in [0.15, 0.2) is 71.2 Å². The second-order valence-electron chi connectivity index (χ2n) is 8.82. The van der Waals surface area contributed by atoms with Crippen LogP contribution in [-0.4, -0.2) is 49.6 Å². The number of rotatable bonds is 7. The Morgan fingerprint density at radius 2 is 1.68 bits per heavy atom. The van der Waals surface area contributed by atoms with Gasteiger partial charge in [0.1, 0.15) is 11.8 Å². The molecule has 0 aliphatic carbocycles. The molecule has 2 fully saturated rings. The number of fused-ring (bicyclic) bond motifs is 1. The van der Waals surface area contributed by atoms with Crippen LogP contribution in [0.25, 0.3) is 0 Å². The van der Waals surface area contributed by atoms with Crippen LogP contribution in [-0.2, 0) is 9.59 Å². The quantitative estimate of drug-likeness (QED) is 0.420. The fourth-order valence-corrected chi connectivity index (χ4v) is 5.37. The van der Waals surface area contributed by atoms with Gasteiger partial charge in [-0.3, -0.25) is 19.4 Å². The Morgan fingerprint density at radius 3 is 2.34 bits per heavy atom. The summed E-state index contributed by atoms with van der Waals surface area (Å²) in [6.07, 6.45) is 0. The molecule has 3 aromatic carbocycles. The van der Waals surface area contributed by atoms with Crippen molar-refractivity contribution < 1.29 is 28.6 Å². The molecule has 38 heavy (non-hydrogen) atoms. The number of amides is 3. The van der Waals surface area contributed by atoms with Gasteiger partial charge in [0, 0.05) is 10.0 Å². The summed E-state index contributed by atoms with van der Waals surface area (Å²) in [7, 11) is 3.06. The summed E-state index contributed by atoms with van der Waals surface area (Å²) in [5, 5.41) is 1.28. The number of carbonyl (C=O) groups excluding carboxylic acids is 3. The summed E-state index contributed by atoms with van der Waals surface area (Å²) in [6, 6.07) is 17.2. The SMILES string of the molecule is CCOc1ccc(N2C(=O)C3C(c4ccc(OC)c(OC)c4)NN(C(=O)c4cccc(Br)c4)C3C2=O)cc1. The van der Waals surface area contributed by atoms with Gasteiger partial charge in [0.25, 0.3) is 11.8 Å². The van der Waals surface area contributed by atoms with Crippen LogP contribution in [0.2, 0.25) is 0 Å². The number of methoxy groups -OCH3 is 2. The molecule has 1 N–H and O–H groups in total. The number of hydrogen-bond donors (Lipinski definition) is 1. The molecule has 3 atom stereocenters. The van der Waals surface area contributed by atoms with E-state index in [-0.39, 0.29) is 0 Å². The number of carbonyl (C=O) groups is 3. The van der Waals surface area contributed by atoms with Gasteiger partial charge in [0.05, 0.1) is 38.5 Å². The fraction of sp³-hybridized carbons (Fsp3) is 0.250. The Hall–Kier alpha value is -3.89. The molecule has 0 radical (unpaired) electrons. The molecule has 5 rings (SSSR count). The van der Waals surface area contributed by atoms with Crippen molar-refractivity contribution in [2.45, 2.75) is 19.0 Å². The Kier molecular flexibility index (Phi) is 7.09. The number of imide groups is 1. The van der Waals surface area contributed by atoms with Crippen molar-refractivity contribution in [2.75, 3.05) is 25.7 Å². The Bertz CT molecular complexity index is 1400. The second-order valence-corrected chi connectivity index (χ2v) is 9.73. The van der Waals surface area contributed by atoms with E-state index in [1.807, 2.05) is 6.92 Å². The van der Waals surface area contributed by atoms with Crippen molar-refractivity contribution >= 4 is 39.3 Å². The molecule has 3 amide bonds. The highest BCUT2D eigenvalue weighted by Gasteiger charge is 2.60. The average molecular weight is 580 g/mol. The first-order valence-electron chi connectivity index (χ1n) is 12.1. The largest absolute Gasteiger partial charge is 0.494 e. The minimum Gasteiger partial charge on any atom is -0.494 e. The van der Waals surface area contributed by atoms with Crippen LogP contribution in [0.3, 0.4) is 0 Å². The lowest BCUT2D eigenvalue weighted by atomic mass is 9.90. The monoisotopic (exact) mass is 579 g/mol. The maximum atomic E-state index is 13.9. The molecule has 196 valence electrons. The number of benzene rings is 3. The number of hydrogen-bond acceptors (Lipinski definition) is 7. The molecule has 0 spiro atoms.